The quantitative estimate of drug-likeness (QED) is 0.738. The Labute approximate surface area is 101 Å². The molecule has 17 heavy (non-hydrogen) atoms. The van der Waals surface area contributed by atoms with Gasteiger partial charge >= 0.3 is 0 Å². The van der Waals surface area contributed by atoms with Crippen LogP contribution in [0.15, 0.2) is 12.4 Å². The average molecular weight is 237 g/mol. The van der Waals surface area contributed by atoms with Crippen LogP contribution >= 0.6 is 0 Å². The molecule has 1 rings (SSSR count). The predicted molar refractivity (Wildman–Crippen MR) is 66.4 cm³/mol. The molecule has 6 nitrogen and oxygen atoms in total. The molecule has 0 aliphatic carbocycles. The number of nitrogens with two attached hydrogens (primary N) is 1. The first-order valence-electron chi connectivity index (χ1n) is 5.52. The Balaban J connectivity index is 2.62. The third-order valence-corrected chi connectivity index (χ3v) is 2.53. The molecule has 0 saturated carbocycles. The lowest BCUT2D eigenvalue weighted by Crippen LogP contribution is -2.34. The van der Waals surface area contributed by atoms with Crippen LogP contribution in [0.4, 0.5) is 5.82 Å². The van der Waals surface area contributed by atoms with Crippen molar-refractivity contribution >= 4 is 11.7 Å². The highest BCUT2D eigenvalue weighted by Gasteiger charge is 2.14. The zero-order valence-corrected chi connectivity index (χ0v) is 10.5. The van der Waals surface area contributed by atoms with E-state index in [0.717, 1.165) is 11.5 Å². The molecule has 0 bridgehead atoms. The van der Waals surface area contributed by atoms with Gasteiger partial charge in [0.25, 0.3) is 0 Å². The number of carbonyl (C=O) groups excluding carboxylic acids is 1. The van der Waals surface area contributed by atoms with Gasteiger partial charge in [-0.05, 0) is 0 Å². The third-order valence-electron chi connectivity index (χ3n) is 2.53. The molecule has 0 aromatic carbocycles. The highest BCUT2D eigenvalue weighted by molar-refractivity contribution is 5.78. The Hall–Kier alpha value is -1.69. The summed E-state index contributed by atoms with van der Waals surface area (Å²) in [6, 6.07) is 0. The van der Waals surface area contributed by atoms with Crippen LogP contribution in [-0.4, -0.2) is 36.5 Å². The fraction of sp³-hybridized carbons (Fsp3) is 0.545. The Kier molecular flexibility index (Phi) is 4.84. The standard InChI is InChI=1S/C11H19N5O/c1-8(11(17)13-2)7-16(3)10-6-14-9(4-12)5-15-10/h5-6,8H,4,7,12H2,1-3H3,(H,13,17). The number of carbonyl (C=O) groups is 1. The molecule has 94 valence electrons. The van der Waals surface area contributed by atoms with Crippen molar-refractivity contribution in [1.29, 1.82) is 0 Å². The van der Waals surface area contributed by atoms with E-state index in [1.165, 1.54) is 0 Å². The maximum Gasteiger partial charge on any atom is 0.224 e. The van der Waals surface area contributed by atoms with E-state index in [9.17, 15) is 4.79 Å². The molecule has 1 atom stereocenters. The summed E-state index contributed by atoms with van der Waals surface area (Å²) in [5, 5.41) is 2.62. The SMILES string of the molecule is CNC(=O)C(C)CN(C)c1cnc(CN)cn1. The summed E-state index contributed by atoms with van der Waals surface area (Å²) in [4.78, 5) is 21.7. The minimum atomic E-state index is -0.0963. The Morgan fingerprint density at radius 2 is 2.24 bits per heavy atom. The molecule has 0 spiro atoms. The van der Waals surface area contributed by atoms with Crippen molar-refractivity contribution in [3.63, 3.8) is 0 Å². The van der Waals surface area contributed by atoms with Gasteiger partial charge in [0.2, 0.25) is 5.91 Å². The first-order valence-corrected chi connectivity index (χ1v) is 5.52. The van der Waals surface area contributed by atoms with Gasteiger partial charge < -0.3 is 16.0 Å². The van der Waals surface area contributed by atoms with E-state index in [1.54, 1.807) is 19.4 Å². The fourth-order valence-electron chi connectivity index (χ4n) is 1.48. The van der Waals surface area contributed by atoms with Crippen molar-refractivity contribution in [1.82, 2.24) is 15.3 Å². The van der Waals surface area contributed by atoms with Crippen LogP contribution in [0.25, 0.3) is 0 Å². The van der Waals surface area contributed by atoms with Gasteiger partial charge in [-0.1, -0.05) is 6.92 Å². The van der Waals surface area contributed by atoms with Crippen molar-refractivity contribution in [2.75, 3.05) is 25.5 Å². The number of nitrogens with one attached hydrogen (secondary N) is 1. The summed E-state index contributed by atoms with van der Waals surface area (Å²) in [6.45, 7) is 2.85. The second-order valence-corrected chi connectivity index (χ2v) is 3.97. The number of rotatable bonds is 5. The van der Waals surface area contributed by atoms with E-state index in [0.29, 0.717) is 13.1 Å². The van der Waals surface area contributed by atoms with Crippen molar-refractivity contribution in [3.8, 4) is 0 Å². The summed E-state index contributed by atoms with van der Waals surface area (Å²) in [7, 11) is 3.51. The summed E-state index contributed by atoms with van der Waals surface area (Å²) >= 11 is 0. The lowest BCUT2D eigenvalue weighted by molar-refractivity contribution is -0.123. The van der Waals surface area contributed by atoms with Gasteiger partial charge in [0.15, 0.2) is 0 Å². The molecule has 1 aromatic rings. The highest BCUT2D eigenvalue weighted by Crippen LogP contribution is 2.09. The van der Waals surface area contributed by atoms with Gasteiger partial charge in [-0.2, -0.15) is 0 Å². The lowest BCUT2D eigenvalue weighted by Gasteiger charge is -2.21. The van der Waals surface area contributed by atoms with Crippen molar-refractivity contribution in [2.45, 2.75) is 13.5 Å². The first kappa shape index (κ1) is 13.4. The molecule has 0 aliphatic heterocycles. The van der Waals surface area contributed by atoms with Crippen LogP contribution in [0, 0.1) is 5.92 Å². The first-order chi connectivity index (χ1) is 8.08. The van der Waals surface area contributed by atoms with Crippen molar-refractivity contribution < 1.29 is 4.79 Å². The van der Waals surface area contributed by atoms with E-state index < -0.39 is 0 Å². The molecule has 1 unspecified atom stereocenters. The topological polar surface area (TPSA) is 84.1 Å². The maximum atomic E-state index is 11.4. The normalized spacial score (nSPS) is 12.0. The molecule has 6 heteroatoms. The fourth-order valence-corrected chi connectivity index (χ4v) is 1.48. The summed E-state index contributed by atoms with van der Waals surface area (Å²) in [5.74, 6) is 0.655. The van der Waals surface area contributed by atoms with Gasteiger partial charge in [-0.15, -0.1) is 0 Å². The van der Waals surface area contributed by atoms with E-state index >= 15 is 0 Å². The summed E-state index contributed by atoms with van der Waals surface area (Å²) < 4.78 is 0. The van der Waals surface area contributed by atoms with Gasteiger partial charge in [0.05, 0.1) is 24.0 Å². The molecule has 0 fully saturated rings. The highest BCUT2D eigenvalue weighted by atomic mass is 16.1. The van der Waals surface area contributed by atoms with Gasteiger partial charge in [0, 0.05) is 27.2 Å². The van der Waals surface area contributed by atoms with E-state index in [4.69, 9.17) is 5.73 Å². The molecular weight excluding hydrogens is 218 g/mol. The number of hydrogen-bond acceptors (Lipinski definition) is 5. The van der Waals surface area contributed by atoms with Gasteiger partial charge in [-0.25, -0.2) is 4.98 Å². The second kappa shape index (κ2) is 6.15. The van der Waals surface area contributed by atoms with Crippen molar-refractivity contribution in [2.24, 2.45) is 11.7 Å². The summed E-state index contributed by atoms with van der Waals surface area (Å²) in [6.07, 6.45) is 3.31. The number of aromatic nitrogens is 2. The van der Waals surface area contributed by atoms with E-state index in [-0.39, 0.29) is 11.8 Å². The van der Waals surface area contributed by atoms with Gasteiger partial charge in [-0.3, -0.25) is 9.78 Å². The van der Waals surface area contributed by atoms with E-state index in [2.05, 4.69) is 15.3 Å². The maximum absolute atomic E-state index is 11.4. The molecule has 1 aromatic heterocycles. The number of hydrogen-bond donors (Lipinski definition) is 2. The monoisotopic (exact) mass is 237 g/mol. The molecule has 0 saturated heterocycles. The smallest absolute Gasteiger partial charge is 0.224 e. The van der Waals surface area contributed by atoms with Crippen LogP contribution in [0.3, 0.4) is 0 Å². The molecule has 1 heterocycles. The third kappa shape index (κ3) is 3.67. The Morgan fingerprint density at radius 1 is 1.53 bits per heavy atom. The number of anilines is 1. The van der Waals surface area contributed by atoms with E-state index in [1.807, 2.05) is 18.9 Å². The van der Waals surface area contributed by atoms with Crippen molar-refractivity contribution in [3.05, 3.63) is 18.1 Å². The molecule has 0 radical (unpaired) electrons. The van der Waals surface area contributed by atoms with Gasteiger partial charge in [0.1, 0.15) is 5.82 Å². The number of nitrogens with zero attached hydrogens (tertiary/aromatic N) is 3. The Morgan fingerprint density at radius 3 is 2.71 bits per heavy atom. The number of amides is 1. The predicted octanol–water partition coefficient (Wildman–Crippen LogP) is -0.246. The zero-order valence-electron chi connectivity index (χ0n) is 10.5. The molecular formula is C11H19N5O. The van der Waals surface area contributed by atoms with Crippen LogP contribution in [0.1, 0.15) is 12.6 Å². The molecule has 3 N–H and O–H groups in total. The van der Waals surface area contributed by atoms with Crippen LogP contribution in [-0.2, 0) is 11.3 Å². The van der Waals surface area contributed by atoms with Crippen LogP contribution in [0.2, 0.25) is 0 Å². The van der Waals surface area contributed by atoms with Crippen LogP contribution < -0.4 is 16.0 Å². The largest absolute Gasteiger partial charge is 0.359 e. The average Bonchev–Trinajstić information content (AvgIpc) is 2.37. The molecule has 1 amide bonds. The Bertz CT molecular complexity index is 365. The zero-order chi connectivity index (χ0) is 12.8. The lowest BCUT2D eigenvalue weighted by atomic mass is 10.1. The second-order valence-electron chi connectivity index (χ2n) is 3.97. The minimum Gasteiger partial charge on any atom is -0.359 e. The summed E-state index contributed by atoms with van der Waals surface area (Å²) in [5.41, 5.74) is 6.20. The van der Waals surface area contributed by atoms with Crippen LogP contribution in [0.5, 0.6) is 0 Å². The minimum absolute atomic E-state index is 0.0170. The molecule has 0 aliphatic rings.